The number of amides is 1. The summed E-state index contributed by atoms with van der Waals surface area (Å²) in [6.07, 6.45) is 1.84. The zero-order valence-electron chi connectivity index (χ0n) is 6.51. The van der Waals surface area contributed by atoms with E-state index >= 15 is 0 Å². The van der Waals surface area contributed by atoms with E-state index in [1.807, 2.05) is 6.07 Å². The van der Waals surface area contributed by atoms with Gasteiger partial charge < -0.3 is 9.88 Å². The second-order valence-corrected chi connectivity index (χ2v) is 3.80. The van der Waals surface area contributed by atoms with E-state index in [2.05, 4.69) is 20.9 Å². The molecule has 2 rings (SSSR count). The molecule has 1 aliphatic heterocycles. The molecule has 0 spiro atoms. The van der Waals surface area contributed by atoms with Crippen LogP contribution in [0.25, 0.3) is 0 Å². The fourth-order valence-corrected chi connectivity index (χ4v) is 2.02. The van der Waals surface area contributed by atoms with Crippen molar-refractivity contribution in [1.82, 2.24) is 9.88 Å². The number of nitrogens with zero attached hydrogens (tertiary/aromatic N) is 1. The van der Waals surface area contributed by atoms with Gasteiger partial charge in [-0.15, -0.1) is 0 Å². The van der Waals surface area contributed by atoms with Crippen molar-refractivity contribution in [3.63, 3.8) is 0 Å². The summed E-state index contributed by atoms with van der Waals surface area (Å²) in [7, 11) is 0. The molecule has 1 aromatic rings. The van der Waals surface area contributed by atoms with Crippen LogP contribution in [0, 0.1) is 0 Å². The molecule has 0 atom stereocenters. The van der Waals surface area contributed by atoms with Crippen molar-refractivity contribution < 1.29 is 4.79 Å². The van der Waals surface area contributed by atoms with E-state index in [1.165, 1.54) is 11.3 Å². The number of fused-ring (bicyclic) bond motifs is 1. The van der Waals surface area contributed by atoms with Crippen LogP contribution in [0.3, 0.4) is 0 Å². The third-order valence-corrected chi connectivity index (χ3v) is 2.56. The number of rotatable bonds is 1. The normalized spacial score (nSPS) is 15.9. The van der Waals surface area contributed by atoms with Crippen LogP contribution in [0.1, 0.15) is 11.3 Å². The minimum atomic E-state index is 0.737. The molecule has 1 aliphatic rings. The number of aromatic amines is 1. The number of hydrogen-bond acceptors (Lipinski definition) is 1. The molecule has 0 saturated heterocycles. The largest absolute Gasteiger partial charge is 0.353 e. The Bertz CT molecular complexity index is 308. The van der Waals surface area contributed by atoms with E-state index in [9.17, 15) is 4.79 Å². The highest BCUT2D eigenvalue weighted by molar-refractivity contribution is 9.10. The maximum Gasteiger partial charge on any atom is 0.210 e. The predicted octanol–water partition coefficient (Wildman–Crippen LogP) is 1.29. The summed E-state index contributed by atoms with van der Waals surface area (Å²) < 4.78 is 1.00. The van der Waals surface area contributed by atoms with Crippen LogP contribution in [0.15, 0.2) is 10.7 Å². The maximum absolute atomic E-state index is 10.5. The Kier molecular flexibility index (Phi) is 1.92. The monoisotopic (exact) mass is 228 g/mol. The topological polar surface area (TPSA) is 36.1 Å². The third-order valence-electron chi connectivity index (χ3n) is 2.13. The number of hydrogen-bond donors (Lipinski definition) is 1. The first kappa shape index (κ1) is 7.86. The smallest absolute Gasteiger partial charge is 0.210 e. The molecule has 3 nitrogen and oxygen atoms in total. The van der Waals surface area contributed by atoms with Gasteiger partial charge in [0, 0.05) is 25.2 Å². The highest BCUT2D eigenvalue weighted by atomic mass is 79.9. The first-order valence-corrected chi connectivity index (χ1v) is 4.64. The molecule has 0 unspecified atom stereocenters. The standard InChI is InChI=1S/C8H9BrN2O/c9-8-3-6-4-11(5-12)2-1-7(6)10-8/h3,5,10H,1-2,4H2. The summed E-state index contributed by atoms with van der Waals surface area (Å²) in [4.78, 5) is 15.5. The van der Waals surface area contributed by atoms with Gasteiger partial charge in [0.05, 0.1) is 4.60 Å². The highest BCUT2D eigenvalue weighted by Gasteiger charge is 2.16. The molecule has 1 amide bonds. The summed E-state index contributed by atoms with van der Waals surface area (Å²) in [6, 6.07) is 2.03. The molecule has 2 heterocycles. The van der Waals surface area contributed by atoms with Gasteiger partial charge in [-0.2, -0.15) is 0 Å². The molecule has 0 radical (unpaired) electrons. The van der Waals surface area contributed by atoms with Gasteiger partial charge in [0.1, 0.15) is 0 Å². The van der Waals surface area contributed by atoms with E-state index in [4.69, 9.17) is 0 Å². The number of nitrogens with one attached hydrogen (secondary N) is 1. The highest BCUT2D eigenvalue weighted by Crippen LogP contribution is 2.21. The van der Waals surface area contributed by atoms with Crippen molar-refractivity contribution >= 4 is 22.3 Å². The summed E-state index contributed by atoms with van der Waals surface area (Å²) in [6.45, 7) is 1.56. The first-order valence-electron chi connectivity index (χ1n) is 3.85. The van der Waals surface area contributed by atoms with Crippen LogP contribution in [0.5, 0.6) is 0 Å². The van der Waals surface area contributed by atoms with Gasteiger partial charge in [-0.25, -0.2) is 0 Å². The molecule has 0 saturated carbocycles. The molecule has 4 heteroatoms. The molecular formula is C8H9BrN2O. The summed E-state index contributed by atoms with van der Waals surface area (Å²) in [5, 5.41) is 0. The van der Waals surface area contributed by atoms with E-state index in [-0.39, 0.29) is 0 Å². The third kappa shape index (κ3) is 1.27. The molecular weight excluding hydrogens is 220 g/mol. The maximum atomic E-state index is 10.5. The zero-order chi connectivity index (χ0) is 8.55. The summed E-state index contributed by atoms with van der Waals surface area (Å²) >= 11 is 3.37. The Balaban J connectivity index is 2.28. The summed E-state index contributed by atoms with van der Waals surface area (Å²) in [5.41, 5.74) is 2.47. The zero-order valence-corrected chi connectivity index (χ0v) is 8.10. The number of halogens is 1. The van der Waals surface area contributed by atoms with Crippen molar-refractivity contribution in [3.05, 3.63) is 21.9 Å². The van der Waals surface area contributed by atoms with Gasteiger partial charge >= 0.3 is 0 Å². The molecule has 0 aliphatic carbocycles. The number of H-pyrrole nitrogens is 1. The van der Waals surface area contributed by atoms with Gasteiger partial charge in [0.15, 0.2) is 0 Å². The minimum Gasteiger partial charge on any atom is -0.353 e. The van der Waals surface area contributed by atoms with Gasteiger partial charge in [-0.3, -0.25) is 4.79 Å². The molecule has 64 valence electrons. The van der Waals surface area contributed by atoms with E-state index in [1.54, 1.807) is 4.90 Å². The van der Waals surface area contributed by atoms with E-state index in [0.717, 1.165) is 30.5 Å². The van der Waals surface area contributed by atoms with E-state index < -0.39 is 0 Å². The summed E-state index contributed by atoms with van der Waals surface area (Å²) in [5.74, 6) is 0. The SMILES string of the molecule is O=CN1CCc2[nH]c(Br)cc2C1. The van der Waals surface area contributed by atoms with Crippen molar-refractivity contribution in [2.75, 3.05) is 6.54 Å². The second kappa shape index (κ2) is 2.94. The lowest BCUT2D eigenvalue weighted by Crippen LogP contribution is -2.28. The Morgan fingerprint density at radius 1 is 1.67 bits per heavy atom. The Labute approximate surface area is 78.9 Å². The van der Waals surface area contributed by atoms with E-state index in [0.29, 0.717) is 0 Å². The van der Waals surface area contributed by atoms with Gasteiger partial charge in [-0.05, 0) is 27.6 Å². The predicted molar refractivity (Wildman–Crippen MR) is 48.7 cm³/mol. The molecule has 1 aromatic heterocycles. The molecule has 0 bridgehead atoms. The van der Waals surface area contributed by atoms with Crippen LogP contribution in [0.4, 0.5) is 0 Å². The number of aromatic nitrogens is 1. The molecule has 0 fully saturated rings. The second-order valence-electron chi connectivity index (χ2n) is 2.95. The molecule has 1 N–H and O–H groups in total. The van der Waals surface area contributed by atoms with Gasteiger partial charge in [-0.1, -0.05) is 0 Å². The quantitative estimate of drug-likeness (QED) is 0.723. The Morgan fingerprint density at radius 2 is 2.50 bits per heavy atom. The van der Waals surface area contributed by atoms with Crippen LogP contribution >= 0.6 is 15.9 Å². The molecule has 0 aromatic carbocycles. The fraction of sp³-hybridized carbons (Fsp3) is 0.375. The average molecular weight is 229 g/mol. The Morgan fingerprint density at radius 3 is 3.25 bits per heavy atom. The first-order chi connectivity index (χ1) is 5.79. The van der Waals surface area contributed by atoms with Crippen LogP contribution in [-0.2, 0) is 17.8 Å². The van der Waals surface area contributed by atoms with Crippen LogP contribution in [0.2, 0.25) is 0 Å². The fourth-order valence-electron chi connectivity index (χ4n) is 1.51. The lowest BCUT2D eigenvalue weighted by atomic mass is 10.1. The van der Waals surface area contributed by atoms with Gasteiger partial charge in [0.2, 0.25) is 6.41 Å². The van der Waals surface area contributed by atoms with Crippen molar-refractivity contribution in [3.8, 4) is 0 Å². The van der Waals surface area contributed by atoms with Crippen molar-refractivity contribution in [2.45, 2.75) is 13.0 Å². The van der Waals surface area contributed by atoms with Gasteiger partial charge in [0.25, 0.3) is 0 Å². The minimum absolute atomic E-state index is 0.737. The van der Waals surface area contributed by atoms with Crippen LogP contribution in [-0.4, -0.2) is 22.8 Å². The molecule has 12 heavy (non-hydrogen) atoms. The number of carbonyl (C=O) groups excluding carboxylic acids is 1. The number of carbonyl (C=O) groups is 1. The van der Waals surface area contributed by atoms with Crippen molar-refractivity contribution in [1.29, 1.82) is 0 Å². The van der Waals surface area contributed by atoms with Crippen LogP contribution < -0.4 is 0 Å². The lowest BCUT2D eigenvalue weighted by Gasteiger charge is -2.22. The lowest BCUT2D eigenvalue weighted by molar-refractivity contribution is -0.118. The average Bonchev–Trinajstić information content (AvgIpc) is 2.43. The Hall–Kier alpha value is -0.770. The van der Waals surface area contributed by atoms with Crippen molar-refractivity contribution in [2.24, 2.45) is 0 Å².